The molecule has 0 aliphatic carbocycles. The molecule has 1 fully saturated rings. The molecular weight excluding hydrogens is 388 g/mol. The maximum absolute atomic E-state index is 6.67. The minimum atomic E-state index is -1.01. The Balaban J connectivity index is 1.38. The summed E-state index contributed by atoms with van der Waals surface area (Å²) in [6.45, 7) is 6.41. The maximum Gasteiger partial charge on any atom is 0.210 e. The molecule has 0 aromatic heterocycles. The Hall–Kier alpha value is -2.87. The van der Waals surface area contributed by atoms with E-state index in [9.17, 15) is 0 Å². The first-order chi connectivity index (χ1) is 15.2. The van der Waals surface area contributed by atoms with Crippen molar-refractivity contribution < 1.29 is 4.74 Å². The van der Waals surface area contributed by atoms with Gasteiger partial charge in [-0.25, -0.2) is 4.99 Å². The SMILES string of the molecule is COc1cccc(-c2cccc(C3(N)N=CC=C(NCCCN4CCNCC4)N3)c2)c1. The van der Waals surface area contributed by atoms with E-state index in [2.05, 4.69) is 44.0 Å². The summed E-state index contributed by atoms with van der Waals surface area (Å²) < 4.78 is 5.36. The molecule has 1 atom stereocenters. The molecule has 7 heteroatoms. The summed E-state index contributed by atoms with van der Waals surface area (Å²) in [5.41, 5.74) is 9.71. The van der Waals surface area contributed by atoms with Crippen LogP contribution in [0.4, 0.5) is 0 Å². The minimum absolute atomic E-state index is 0.828. The van der Waals surface area contributed by atoms with E-state index in [4.69, 9.17) is 10.5 Å². The molecule has 2 aromatic carbocycles. The second-order valence-electron chi connectivity index (χ2n) is 7.93. The summed E-state index contributed by atoms with van der Waals surface area (Å²) in [4.78, 5) is 7.04. The fourth-order valence-electron chi connectivity index (χ4n) is 3.96. The highest BCUT2D eigenvalue weighted by molar-refractivity contribution is 5.74. The summed E-state index contributed by atoms with van der Waals surface area (Å²) in [5, 5.41) is 10.2. The van der Waals surface area contributed by atoms with Crippen molar-refractivity contribution in [1.29, 1.82) is 0 Å². The predicted molar refractivity (Wildman–Crippen MR) is 126 cm³/mol. The van der Waals surface area contributed by atoms with E-state index in [1.807, 2.05) is 36.4 Å². The van der Waals surface area contributed by atoms with Gasteiger partial charge in [0, 0.05) is 44.5 Å². The second kappa shape index (κ2) is 9.96. The number of allylic oxidation sites excluding steroid dienone is 1. The smallest absolute Gasteiger partial charge is 0.210 e. The average Bonchev–Trinajstić information content (AvgIpc) is 2.83. The lowest BCUT2D eigenvalue weighted by atomic mass is 9.99. The van der Waals surface area contributed by atoms with Gasteiger partial charge in [-0.05, 0) is 48.4 Å². The van der Waals surface area contributed by atoms with Crippen molar-refractivity contribution in [3.05, 3.63) is 66.0 Å². The van der Waals surface area contributed by atoms with Gasteiger partial charge in [-0.2, -0.15) is 0 Å². The largest absolute Gasteiger partial charge is 0.497 e. The topological polar surface area (TPSA) is 86.9 Å². The molecule has 2 aliphatic heterocycles. The minimum Gasteiger partial charge on any atom is -0.497 e. The third-order valence-electron chi connectivity index (χ3n) is 5.73. The third kappa shape index (κ3) is 5.44. The summed E-state index contributed by atoms with van der Waals surface area (Å²) in [7, 11) is 1.68. The first kappa shape index (κ1) is 21.4. The number of hydrogen-bond donors (Lipinski definition) is 4. The summed E-state index contributed by atoms with van der Waals surface area (Å²) in [5.74, 6) is 0.712. The van der Waals surface area contributed by atoms with E-state index in [1.54, 1.807) is 13.3 Å². The number of rotatable bonds is 8. The Labute approximate surface area is 184 Å². The van der Waals surface area contributed by atoms with Crippen LogP contribution in [0.25, 0.3) is 11.1 Å². The molecule has 0 amide bonds. The molecule has 164 valence electrons. The van der Waals surface area contributed by atoms with Crippen LogP contribution in [0.1, 0.15) is 12.0 Å². The van der Waals surface area contributed by atoms with E-state index in [0.29, 0.717) is 0 Å². The molecular formula is C24H32N6O. The fraction of sp³-hybridized carbons (Fsp3) is 0.375. The van der Waals surface area contributed by atoms with Gasteiger partial charge in [-0.15, -0.1) is 0 Å². The standard InChI is InChI=1S/C24H32N6O/c1-31-22-8-3-6-20(18-22)19-5-2-7-21(17-19)24(25)28-11-9-23(29-24)27-10-4-14-30-15-12-26-13-16-30/h2-3,5-9,11,17-18,26-27,29H,4,10,12-16,25H2,1H3. The number of hydrogen-bond acceptors (Lipinski definition) is 7. The second-order valence-corrected chi connectivity index (χ2v) is 7.93. The number of aliphatic imine (C=N–C) groups is 1. The van der Waals surface area contributed by atoms with Gasteiger partial charge in [0.15, 0.2) is 0 Å². The molecule has 4 rings (SSSR count). The molecule has 31 heavy (non-hydrogen) atoms. The number of nitrogens with one attached hydrogen (secondary N) is 3. The highest BCUT2D eigenvalue weighted by Crippen LogP contribution is 2.28. The van der Waals surface area contributed by atoms with Gasteiger partial charge >= 0.3 is 0 Å². The van der Waals surface area contributed by atoms with Crippen molar-refractivity contribution in [2.75, 3.05) is 46.4 Å². The summed E-state index contributed by atoms with van der Waals surface area (Å²) >= 11 is 0. The van der Waals surface area contributed by atoms with Crippen molar-refractivity contribution in [2.45, 2.75) is 12.2 Å². The summed E-state index contributed by atoms with van der Waals surface area (Å²) in [6, 6.07) is 16.2. The van der Waals surface area contributed by atoms with Crippen LogP contribution in [0.2, 0.25) is 0 Å². The lowest BCUT2D eigenvalue weighted by Gasteiger charge is -2.32. The quantitative estimate of drug-likeness (QED) is 0.488. The molecule has 0 bridgehead atoms. The normalized spacial score (nSPS) is 21.3. The molecule has 0 saturated carbocycles. The van der Waals surface area contributed by atoms with E-state index >= 15 is 0 Å². The molecule has 1 unspecified atom stereocenters. The van der Waals surface area contributed by atoms with Gasteiger partial charge in [0.1, 0.15) is 11.6 Å². The van der Waals surface area contributed by atoms with Gasteiger partial charge < -0.3 is 25.6 Å². The van der Waals surface area contributed by atoms with Crippen molar-refractivity contribution in [1.82, 2.24) is 20.9 Å². The first-order valence-electron chi connectivity index (χ1n) is 10.9. The Morgan fingerprint density at radius 2 is 1.90 bits per heavy atom. The van der Waals surface area contributed by atoms with Crippen LogP contribution in [0.5, 0.6) is 5.75 Å². The number of piperazine rings is 1. The van der Waals surface area contributed by atoms with Crippen LogP contribution in [0, 0.1) is 0 Å². The van der Waals surface area contributed by atoms with Crippen molar-refractivity contribution >= 4 is 6.21 Å². The molecule has 0 radical (unpaired) electrons. The number of nitrogens with two attached hydrogens (primary N) is 1. The molecule has 2 aliphatic rings. The third-order valence-corrected chi connectivity index (χ3v) is 5.73. The number of benzene rings is 2. The lowest BCUT2D eigenvalue weighted by Crippen LogP contribution is -2.52. The number of ether oxygens (including phenoxy) is 1. The molecule has 1 saturated heterocycles. The van der Waals surface area contributed by atoms with Crippen molar-refractivity contribution in [3.63, 3.8) is 0 Å². The van der Waals surface area contributed by atoms with Crippen LogP contribution in [0.15, 0.2) is 65.4 Å². The zero-order chi connectivity index (χ0) is 21.5. The van der Waals surface area contributed by atoms with E-state index in [-0.39, 0.29) is 0 Å². The Morgan fingerprint density at radius 1 is 1.13 bits per heavy atom. The lowest BCUT2D eigenvalue weighted by molar-refractivity contribution is 0.238. The monoisotopic (exact) mass is 420 g/mol. The van der Waals surface area contributed by atoms with E-state index in [0.717, 1.165) is 74.0 Å². The number of methoxy groups -OCH3 is 1. The van der Waals surface area contributed by atoms with Gasteiger partial charge in [-0.1, -0.05) is 30.3 Å². The molecule has 0 spiro atoms. The highest BCUT2D eigenvalue weighted by atomic mass is 16.5. The Kier molecular flexibility index (Phi) is 6.86. The van der Waals surface area contributed by atoms with E-state index < -0.39 is 5.79 Å². The van der Waals surface area contributed by atoms with Gasteiger partial charge in [-0.3, -0.25) is 5.73 Å². The van der Waals surface area contributed by atoms with Gasteiger partial charge in [0.25, 0.3) is 0 Å². The van der Waals surface area contributed by atoms with Crippen molar-refractivity contribution in [2.24, 2.45) is 10.7 Å². The predicted octanol–water partition coefficient (Wildman–Crippen LogP) is 1.83. The average molecular weight is 421 g/mol. The van der Waals surface area contributed by atoms with Crippen LogP contribution in [0.3, 0.4) is 0 Å². The Morgan fingerprint density at radius 3 is 2.71 bits per heavy atom. The summed E-state index contributed by atoms with van der Waals surface area (Å²) in [6.07, 6.45) is 4.79. The fourth-order valence-corrected chi connectivity index (χ4v) is 3.96. The van der Waals surface area contributed by atoms with Crippen LogP contribution >= 0.6 is 0 Å². The molecule has 7 nitrogen and oxygen atoms in total. The zero-order valence-corrected chi connectivity index (χ0v) is 18.1. The zero-order valence-electron chi connectivity index (χ0n) is 18.1. The first-order valence-corrected chi connectivity index (χ1v) is 10.9. The van der Waals surface area contributed by atoms with E-state index in [1.165, 1.54) is 0 Å². The van der Waals surface area contributed by atoms with Crippen LogP contribution < -0.4 is 26.4 Å². The highest BCUT2D eigenvalue weighted by Gasteiger charge is 2.28. The van der Waals surface area contributed by atoms with Crippen molar-refractivity contribution in [3.8, 4) is 16.9 Å². The molecule has 2 heterocycles. The number of nitrogens with zero attached hydrogens (tertiary/aromatic N) is 2. The molecule has 5 N–H and O–H groups in total. The van der Waals surface area contributed by atoms with Crippen LogP contribution in [-0.2, 0) is 5.79 Å². The Bertz CT molecular complexity index is 937. The van der Waals surface area contributed by atoms with Gasteiger partial charge in [0.05, 0.1) is 7.11 Å². The maximum atomic E-state index is 6.67. The van der Waals surface area contributed by atoms with Gasteiger partial charge in [0.2, 0.25) is 5.79 Å². The molecule has 2 aromatic rings. The van der Waals surface area contributed by atoms with Crippen LogP contribution in [-0.4, -0.2) is 57.5 Å².